The van der Waals surface area contributed by atoms with E-state index in [1.165, 1.54) is 4.90 Å². The number of rotatable bonds is 10. The van der Waals surface area contributed by atoms with Gasteiger partial charge in [-0.25, -0.2) is 13.4 Å². The quantitative estimate of drug-likeness (QED) is 0.237. The van der Waals surface area contributed by atoms with Gasteiger partial charge in [-0.3, -0.25) is 23.9 Å². The molecule has 3 heterocycles. The smallest absolute Gasteiger partial charge is 0.307 e. The van der Waals surface area contributed by atoms with Crippen molar-refractivity contribution >= 4 is 44.4 Å². The van der Waals surface area contributed by atoms with Crippen molar-refractivity contribution in [3.05, 3.63) is 42.6 Å². The van der Waals surface area contributed by atoms with E-state index >= 15 is 4.79 Å². The number of hydrogen-bond donors (Lipinski definition) is 1. The number of ketones is 1. The van der Waals surface area contributed by atoms with Crippen molar-refractivity contribution in [3.63, 3.8) is 0 Å². The zero-order valence-corrected chi connectivity index (χ0v) is 34.5. The molecule has 1 aromatic heterocycles. The van der Waals surface area contributed by atoms with E-state index in [0.29, 0.717) is 43.7 Å². The molecule has 0 unspecified atom stereocenters. The first kappa shape index (κ1) is 41.6. The van der Waals surface area contributed by atoms with E-state index < -0.39 is 61.6 Å². The van der Waals surface area contributed by atoms with Crippen LogP contribution in [0.2, 0.25) is 0 Å². The van der Waals surface area contributed by atoms with E-state index in [4.69, 9.17) is 18.9 Å². The Morgan fingerprint density at radius 3 is 2.52 bits per heavy atom. The van der Waals surface area contributed by atoms with E-state index in [1.807, 2.05) is 30.4 Å². The highest BCUT2D eigenvalue weighted by molar-refractivity contribution is 7.91. The van der Waals surface area contributed by atoms with E-state index in [0.717, 1.165) is 17.2 Å². The molecule has 0 spiro atoms. The minimum Gasteiger partial charge on any atom is -0.497 e. The number of amides is 2. The van der Waals surface area contributed by atoms with Crippen LogP contribution < -0.4 is 14.2 Å². The number of methoxy groups -OCH3 is 2. The maximum atomic E-state index is 15.0. The van der Waals surface area contributed by atoms with Crippen LogP contribution in [0.1, 0.15) is 92.4 Å². The Bertz CT molecular complexity index is 1970. The Kier molecular flexibility index (Phi) is 11.9. The number of fused-ring (bicyclic) bond motifs is 3. The molecular weight excluding hydrogens is 739 g/mol. The van der Waals surface area contributed by atoms with Crippen molar-refractivity contribution in [3.8, 4) is 11.6 Å². The minimum absolute atomic E-state index is 0.0266. The first-order valence-corrected chi connectivity index (χ1v) is 21.2. The highest BCUT2D eigenvalue weighted by Gasteiger charge is 2.62. The standard InChI is InChI=1S/C42H57N3O10S/c1-26-10-8-9-11-29-22-42(29,39(49)44-56(50,51)41(5)15-16-41)23-35(46)34-20-31(54-37-32-13-12-30(53-7)19-27(32)14-17-43-37)24-45(34)38(48)33(28(18-26)25-52-6)21-36(47)55-40(2,3)4/h9,11-14,17,19,26,28-29,31,33-34H,8,10,15-16,18,20-25H2,1-7H3,(H,44,49)/b11-9-/t26-,28-,29+,31+,33-,34-,42+/m0/s1. The van der Waals surface area contributed by atoms with Gasteiger partial charge in [0.05, 0.1) is 42.2 Å². The second-order valence-electron chi connectivity index (χ2n) is 17.6. The minimum atomic E-state index is -3.96. The average molecular weight is 796 g/mol. The van der Waals surface area contributed by atoms with E-state index in [2.05, 4.69) is 16.6 Å². The van der Waals surface area contributed by atoms with Crippen LogP contribution in [0.4, 0.5) is 0 Å². The van der Waals surface area contributed by atoms with E-state index in [-0.39, 0.29) is 56.0 Å². The number of carbonyl (C=O) groups excluding carboxylic acids is 4. The highest BCUT2D eigenvalue weighted by Crippen LogP contribution is 2.57. The molecule has 2 amide bonds. The number of nitrogens with one attached hydrogen (secondary N) is 1. The summed E-state index contributed by atoms with van der Waals surface area (Å²) in [6.07, 6.45) is 7.80. The van der Waals surface area contributed by atoms with Gasteiger partial charge >= 0.3 is 5.97 Å². The predicted molar refractivity (Wildman–Crippen MR) is 209 cm³/mol. The first-order valence-electron chi connectivity index (χ1n) is 19.8. The third kappa shape index (κ3) is 9.06. The maximum absolute atomic E-state index is 15.0. The lowest BCUT2D eigenvalue weighted by Gasteiger charge is -2.33. The van der Waals surface area contributed by atoms with Crippen molar-refractivity contribution in [1.82, 2.24) is 14.6 Å². The molecule has 7 atom stereocenters. The number of nitrogens with zero attached hydrogens (tertiary/aromatic N) is 2. The summed E-state index contributed by atoms with van der Waals surface area (Å²) in [7, 11) is -0.812. The van der Waals surface area contributed by atoms with Crippen LogP contribution in [0.25, 0.3) is 10.8 Å². The van der Waals surface area contributed by atoms with Gasteiger partial charge in [0, 0.05) is 38.1 Å². The van der Waals surface area contributed by atoms with Crippen LogP contribution in [0.5, 0.6) is 11.6 Å². The third-order valence-electron chi connectivity index (χ3n) is 12.0. The van der Waals surface area contributed by atoms with E-state index in [9.17, 15) is 22.8 Å². The summed E-state index contributed by atoms with van der Waals surface area (Å²) in [5, 5.41) is 1.56. The average Bonchev–Trinajstić information content (AvgIpc) is 4.01. The van der Waals surface area contributed by atoms with Gasteiger partial charge < -0.3 is 23.8 Å². The van der Waals surface area contributed by atoms with Crippen LogP contribution in [0, 0.1) is 29.1 Å². The molecule has 306 valence electrons. The fourth-order valence-electron chi connectivity index (χ4n) is 8.36. The number of sulfonamides is 1. The summed E-state index contributed by atoms with van der Waals surface area (Å²) in [5.41, 5.74) is -2.06. The molecule has 3 fully saturated rings. The fraction of sp³-hybridized carbons (Fsp3) is 0.643. The first-order chi connectivity index (χ1) is 26.4. The SMILES string of the molecule is COC[C@@H]1C[C@@H](C)CC/C=C\[C@@H]2C[C@@]2(C(=O)NS(=O)(=O)C2(C)CC2)CC(=O)[C@@H]2C[C@@H](Oc3nccc4cc(OC)ccc34)CN2C(=O)[C@H]1CC(=O)OC(C)(C)C. The Morgan fingerprint density at radius 2 is 1.84 bits per heavy atom. The second-order valence-corrected chi connectivity index (χ2v) is 19.8. The number of Topliss-reactive ketones (excluding diaryl/α,β-unsaturated/α-hetero) is 1. The fourth-order valence-corrected chi connectivity index (χ4v) is 9.69. The molecule has 56 heavy (non-hydrogen) atoms. The summed E-state index contributed by atoms with van der Waals surface area (Å²) >= 11 is 0. The normalized spacial score (nSPS) is 29.9. The molecule has 4 aliphatic rings. The molecule has 2 aromatic rings. The number of pyridine rings is 1. The van der Waals surface area contributed by atoms with Crippen molar-refractivity contribution < 1.29 is 46.5 Å². The molecule has 1 aromatic carbocycles. The highest BCUT2D eigenvalue weighted by atomic mass is 32.2. The number of benzene rings is 1. The molecule has 2 aliphatic heterocycles. The lowest BCUT2D eigenvalue weighted by molar-refractivity contribution is -0.160. The molecule has 1 N–H and O–H groups in total. The lowest BCUT2D eigenvalue weighted by atomic mass is 9.81. The zero-order chi connectivity index (χ0) is 40.6. The van der Waals surface area contributed by atoms with Crippen molar-refractivity contribution in [2.75, 3.05) is 27.4 Å². The Morgan fingerprint density at radius 1 is 1.09 bits per heavy atom. The number of hydrogen-bond acceptors (Lipinski definition) is 11. The molecule has 0 radical (unpaired) electrons. The monoisotopic (exact) mass is 795 g/mol. The molecule has 1 saturated heterocycles. The van der Waals surface area contributed by atoms with Gasteiger partial charge in [0.25, 0.3) is 0 Å². The van der Waals surface area contributed by atoms with Gasteiger partial charge in [-0.1, -0.05) is 19.1 Å². The second kappa shape index (κ2) is 16.1. The largest absolute Gasteiger partial charge is 0.497 e. The van der Waals surface area contributed by atoms with Gasteiger partial charge in [-0.05, 0) is 114 Å². The van der Waals surface area contributed by atoms with Gasteiger partial charge in [0.2, 0.25) is 27.7 Å². The van der Waals surface area contributed by atoms with Crippen LogP contribution in [0.15, 0.2) is 42.6 Å². The molecular formula is C42H57N3O10S. The summed E-state index contributed by atoms with van der Waals surface area (Å²) in [6, 6.07) is 6.33. The van der Waals surface area contributed by atoms with Gasteiger partial charge in [0.1, 0.15) is 17.5 Å². The Balaban J connectivity index is 1.37. The summed E-state index contributed by atoms with van der Waals surface area (Å²) in [5.74, 6) is -2.43. The molecule has 6 rings (SSSR count). The number of allylic oxidation sites excluding steroid dienone is 2. The van der Waals surface area contributed by atoms with Crippen molar-refractivity contribution in [1.29, 1.82) is 0 Å². The number of esters is 1. The van der Waals surface area contributed by atoms with Crippen LogP contribution in [-0.4, -0.2) is 91.7 Å². The Hall–Kier alpha value is -4.04. The lowest BCUT2D eigenvalue weighted by Crippen LogP contribution is -2.48. The van der Waals surface area contributed by atoms with Gasteiger partial charge in [-0.2, -0.15) is 0 Å². The summed E-state index contributed by atoms with van der Waals surface area (Å²) in [4.78, 5) is 63.2. The van der Waals surface area contributed by atoms with Gasteiger partial charge in [-0.15, -0.1) is 0 Å². The maximum Gasteiger partial charge on any atom is 0.307 e. The molecule has 2 aliphatic carbocycles. The molecule has 2 saturated carbocycles. The summed E-state index contributed by atoms with van der Waals surface area (Å²) in [6.45, 7) is 9.27. The topological polar surface area (TPSA) is 167 Å². The summed E-state index contributed by atoms with van der Waals surface area (Å²) < 4.78 is 51.1. The molecule has 0 bridgehead atoms. The molecule has 13 nitrogen and oxygen atoms in total. The van der Waals surface area contributed by atoms with Crippen molar-refractivity contribution in [2.24, 2.45) is 29.1 Å². The zero-order valence-electron chi connectivity index (χ0n) is 33.7. The Labute approximate surface area is 330 Å². The van der Waals surface area contributed by atoms with Crippen LogP contribution in [-0.2, 0) is 38.7 Å². The number of aromatic nitrogens is 1. The van der Waals surface area contributed by atoms with Crippen LogP contribution in [0.3, 0.4) is 0 Å². The van der Waals surface area contributed by atoms with Gasteiger partial charge in [0.15, 0.2) is 5.78 Å². The van der Waals surface area contributed by atoms with Crippen LogP contribution >= 0.6 is 0 Å². The number of carbonyl (C=O) groups is 4. The third-order valence-corrected chi connectivity index (χ3v) is 14.2. The predicted octanol–water partition coefficient (Wildman–Crippen LogP) is 5.54. The van der Waals surface area contributed by atoms with Crippen molar-refractivity contribution in [2.45, 2.75) is 115 Å². The molecule has 14 heteroatoms. The van der Waals surface area contributed by atoms with E-state index in [1.54, 1.807) is 54.2 Å². The number of ether oxygens (including phenoxy) is 4.